The Morgan fingerprint density at radius 1 is 0.974 bits per heavy atom. The van der Waals surface area contributed by atoms with Crippen molar-refractivity contribution in [1.82, 2.24) is 0 Å². The van der Waals surface area contributed by atoms with Gasteiger partial charge in [0.2, 0.25) is 0 Å². The van der Waals surface area contributed by atoms with E-state index >= 15 is 0 Å². The summed E-state index contributed by atoms with van der Waals surface area (Å²) in [5, 5.41) is 10.4. The van der Waals surface area contributed by atoms with Crippen LogP contribution in [-0.2, 0) is 23.9 Å². The number of esters is 1. The number of ketones is 2. The number of carbonyl (C=O) groups excluding carboxylic acids is 3. The standard InChI is InChI=1S/C33H50O6/c1-18(17-38-21(4)36)14-25(19(2)34)30-33(7,20(3)35)29-28(39-30)16-27-24-9-8-22-15-23(37)10-12-31(22,5)26(24)11-13-32(27,29)6/h18,22-24,26-29,37H,8-17H2,1-7H3/b30-25+/t18-,22+,23-,24+,26-,27-,28-,29-,31-,32-,33-/m0/s1. The highest BCUT2D eigenvalue weighted by atomic mass is 16.5. The third-order valence-corrected chi connectivity index (χ3v) is 12.6. The molecule has 0 aromatic rings. The molecule has 0 unspecified atom stereocenters. The predicted octanol–water partition coefficient (Wildman–Crippen LogP) is 6.04. The monoisotopic (exact) mass is 542 g/mol. The van der Waals surface area contributed by atoms with Gasteiger partial charge in [-0.05, 0) is 119 Å². The van der Waals surface area contributed by atoms with Crippen molar-refractivity contribution in [3.63, 3.8) is 0 Å². The molecule has 1 aliphatic heterocycles. The van der Waals surface area contributed by atoms with Gasteiger partial charge in [0.25, 0.3) is 0 Å². The van der Waals surface area contributed by atoms with Crippen molar-refractivity contribution in [2.75, 3.05) is 6.61 Å². The van der Waals surface area contributed by atoms with E-state index in [1.165, 1.54) is 26.2 Å². The summed E-state index contributed by atoms with van der Waals surface area (Å²) in [5.41, 5.74) is 0.0385. The van der Waals surface area contributed by atoms with E-state index in [1.54, 1.807) is 13.8 Å². The Kier molecular flexibility index (Phi) is 7.39. The van der Waals surface area contributed by atoms with Gasteiger partial charge in [0, 0.05) is 18.4 Å². The van der Waals surface area contributed by atoms with E-state index in [0.29, 0.717) is 46.8 Å². The van der Waals surface area contributed by atoms with Crippen LogP contribution in [0.2, 0.25) is 0 Å². The molecule has 5 fully saturated rings. The number of ether oxygens (including phenoxy) is 2. The molecular weight excluding hydrogens is 492 g/mol. The maximum atomic E-state index is 13.6. The molecule has 1 N–H and O–H groups in total. The van der Waals surface area contributed by atoms with E-state index in [0.717, 1.165) is 32.1 Å². The molecule has 5 aliphatic rings. The lowest BCUT2D eigenvalue weighted by atomic mass is 9.43. The molecule has 4 aliphatic carbocycles. The first-order valence-corrected chi connectivity index (χ1v) is 15.5. The van der Waals surface area contributed by atoms with Gasteiger partial charge in [0.15, 0.2) is 5.78 Å². The number of carbonyl (C=O) groups is 3. The van der Waals surface area contributed by atoms with Crippen LogP contribution < -0.4 is 0 Å². The second-order valence-corrected chi connectivity index (χ2v) is 14.7. The minimum Gasteiger partial charge on any atom is -0.493 e. The van der Waals surface area contributed by atoms with E-state index < -0.39 is 5.41 Å². The minimum atomic E-state index is -0.834. The summed E-state index contributed by atoms with van der Waals surface area (Å²) in [7, 11) is 0. The summed E-state index contributed by atoms with van der Waals surface area (Å²) < 4.78 is 12.0. The summed E-state index contributed by atoms with van der Waals surface area (Å²) in [6, 6.07) is 0. The fourth-order valence-electron chi connectivity index (χ4n) is 10.6. The predicted molar refractivity (Wildman–Crippen MR) is 148 cm³/mol. The molecule has 0 spiro atoms. The molecule has 11 atom stereocenters. The Labute approximate surface area is 234 Å². The molecule has 218 valence electrons. The molecule has 1 saturated heterocycles. The lowest BCUT2D eigenvalue weighted by Crippen LogP contribution is -2.55. The van der Waals surface area contributed by atoms with Crippen molar-refractivity contribution in [2.24, 2.45) is 51.8 Å². The highest BCUT2D eigenvalue weighted by Crippen LogP contribution is 2.72. The van der Waals surface area contributed by atoms with Gasteiger partial charge in [0.05, 0.1) is 18.1 Å². The van der Waals surface area contributed by atoms with Crippen LogP contribution in [0, 0.1) is 51.8 Å². The van der Waals surface area contributed by atoms with Crippen LogP contribution in [-0.4, -0.2) is 41.5 Å². The Bertz CT molecular complexity index is 1060. The average molecular weight is 543 g/mol. The van der Waals surface area contributed by atoms with Crippen LogP contribution in [0.25, 0.3) is 0 Å². The summed E-state index contributed by atoms with van der Waals surface area (Å²) in [5.74, 6) is 2.72. The number of Topliss-reactive ketones (excluding diaryl/α,β-unsaturated/α-hetero) is 2. The quantitative estimate of drug-likeness (QED) is 0.325. The number of aliphatic hydroxyl groups is 1. The van der Waals surface area contributed by atoms with Crippen molar-refractivity contribution < 1.29 is 29.0 Å². The topological polar surface area (TPSA) is 89.9 Å². The van der Waals surface area contributed by atoms with Crippen molar-refractivity contribution >= 4 is 17.5 Å². The fraction of sp³-hybridized carbons (Fsp3) is 0.848. The van der Waals surface area contributed by atoms with E-state index in [2.05, 4.69) is 13.8 Å². The van der Waals surface area contributed by atoms with Gasteiger partial charge >= 0.3 is 5.97 Å². The summed E-state index contributed by atoms with van der Waals surface area (Å²) >= 11 is 0. The SMILES string of the molecule is CC(=O)OC[C@@H](C)C/C(C(C)=O)=C1\O[C@H]2C[C@H]3[C@@H]4CC[C@@H]5C[C@@H](O)CC[C@]5(C)[C@H]4CC[C@]3(C)[C@H]2[C@]1(C)C(C)=O. The van der Waals surface area contributed by atoms with Gasteiger partial charge in [-0.1, -0.05) is 20.8 Å². The number of fused-ring (bicyclic) bond motifs is 7. The third kappa shape index (κ3) is 4.42. The molecule has 0 aromatic heterocycles. The Morgan fingerprint density at radius 2 is 1.67 bits per heavy atom. The number of hydrogen-bond donors (Lipinski definition) is 1. The molecule has 1 heterocycles. The Morgan fingerprint density at radius 3 is 2.31 bits per heavy atom. The smallest absolute Gasteiger partial charge is 0.302 e. The maximum Gasteiger partial charge on any atom is 0.302 e. The summed E-state index contributed by atoms with van der Waals surface area (Å²) in [6.07, 6.45) is 8.86. The molecule has 39 heavy (non-hydrogen) atoms. The molecule has 5 rings (SSSR count). The second kappa shape index (κ2) is 9.99. The zero-order chi connectivity index (χ0) is 28.5. The average Bonchev–Trinajstić information content (AvgIpc) is 3.33. The van der Waals surface area contributed by atoms with Crippen molar-refractivity contribution in [3.8, 4) is 0 Å². The van der Waals surface area contributed by atoms with Crippen molar-refractivity contribution in [3.05, 3.63) is 11.3 Å². The molecule has 0 radical (unpaired) electrons. The number of hydrogen-bond acceptors (Lipinski definition) is 6. The zero-order valence-corrected chi connectivity index (χ0v) is 25.2. The summed E-state index contributed by atoms with van der Waals surface area (Å²) in [6.45, 7) is 13.8. The maximum absolute atomic E-state index is 13.6. The normalized spacial score (nSPS) is 46.6. The fourth-order valence-corrected chi connectivity index (χ4v) is 10.6. The molecule has 0 amide bonds. The van der Waals surface area contributed by atoms with Gasteiger partial charge < -0.3 is 14.6 Å². The highest BCUT2D eigenvalue weighted by molar-refractivity contribution is 5.96. The van der Waals surface area contributed by atoms with Crippen molar-refractivity contribution in [2.45, 2.75) is 118 Å². The van der Waals surface area contributed by atoms with E-state index in [4.69, 9.17) is 9.47 Å². The summed E-state index contributed by atoms with van der Waals surface area (Å²) in [4.78, 5) is 38.0. The van der Waals surface area contributed by atoms with Crippen molar-refractivity contribution in [1.29, 1.82) is 0 Å². The first kappa shape index (κ1) is 28.8. The lowest BCUT2D eigenvalue weighted by Gasteiger charge is -2.61. The third-order valence-electron chi connectivity index (χ3n) is 12.6. The van der Waals surface area contributed by atoms with E-state index in [-0.39, 0.29) is 53.6 Å². The molecule has 0 bridgehead atoms. The van der Waals surface area contributed by atoms with E-state index in [9.17, 15) is 19.5 Å². The second-order valence-electron chi connectivity index (χ2n) is 14.7. The highest BCUT2D eigenvalue weighted by Gasteiger charge is 2.70. The lowest BCUT2D eigenvalue weighted by molar-refractivity contribution is -0.142. The molecule has 0 aromatic carbocycles. The number of rotatable bonds is 6. The first-order valence-electron chi connectivity index (χ1n) is 15.5. The molecule has 6 heteroatoms. The van der Waals surface area contributed by atoms with Crippen LogP contribution in [0.4, 0.5) is 0 Å². The van der Waals surface area contributed by atoms with E-state index in [1.807, 2.05) is 13.8 Å². The largest absolute Gasteiger partial charge is 0.493 e. The van der Waals surface area contributed by atoms with Gasteiger partial charge in [-0.15, -0.1) is 0 Å². The number of allylic oxidation sites excluding steroid dienone is 2. The minimum absolute atomic E-state index is 0.0172. The van der Waals surface area contributed by atoms with Gasteiger partial charge in [-0.25, -0.2) is 0 Å². The van der Waals surface area contributed by atoms with Crippen LogP contribution in [0.1, 0.15) is 106 Å². The van der Waals surface area contributed by atoms with Crippen LogP contribution in [0.3, 0.4) is 0 Å². The van der Waals surface area contributed by atoms with Crippen LogP contribution >= 0.6 is 0 Å². The molecule has 6 nitrogen and oxygen atoms in total. The first-order chi connectivity index (χ1) is 18.2. The van der Waals surface area contributed by atoms with Gasteiger partial charge in [0.1, 0.15) is 17.6 Å². The van der Waals surface area contributed by atoms with Crippen LogP contribution in [0.15, 0.2) is 11.3 Å². The number of aliphatic hydroxyl groups excluding tert-OH is 1. The van der Waals surface area contributed by atoms with Gasteiger partial charge in [-0.2, -0.15) is 0 Å². The molecular formula is C33H50O6. The van der Waals surface area contributed by atoms with Gasteiger partial charge in [-0.3, -0.25) is 14.4 Å². The van der Waals surface area contributed by atoms with Crippen LogP contribution in [0.5, 0.6) is 0 Å². The Balaban J connectivity index is 1.47. The Hall–Kier alpha value is -1.69. The molecule has 4 saturated carbocycles. The zero-order valence-electron chi connectivity index (χ0n) is 25.2.